The minimum absolute atomic E-state index is 0.0538. The molecule has 414 valence electrons. The fourth-order valence-corrected chi connectivity index (χ4v) is 8.34. The van der Waals surface area contributed by atoms with Crippen LogP contribution in [0, 0.1) is 0 Å². The maximum Gasteiger partial charge on any atom is 0.472 e. The molecule has 3 unspecified atom stereocenters. The minimum Gasteiger partial charge on any atom is -0.462 e. The molecule has 0 aromatic carbocycles. The van der Waals surface area contributed by atoms with Gasteiger partial charge in [0.15, 0.2) is 6.10 Å². The highest BCUT2D eigenvalue weighted by molar-refractivity contribution is 7.47. The van der Waals surface area contributed by atoms with Crippen molar-refractivity contribution in [3.05, 3.63) is 85.1 Å². The van der Waals surface area contributed by atoms with Gasteiger partial charge in [-0.1, -0.05) is 228 Å². The van der Waals surface area contributed by atoms with Gasteiger partial charge in [0, 0.05) is 19.3 Å². The summed E-state index contributed by atoms with van der Waals surface area (Å²) in [5, 5.41) is 9.78. The van der Waals surface area contributed by atoms with Crippen LogP contribution in [-0.4, -0.2) is 66.5 Å². The first-order valence-corrected chi connectivity index (χ1v) is 30.0. The summed E-state index contributed by atoms with van der Waals surface area (Å²) in [6.07, 6.45) is 61.3. The third kappa shape index (κ3) is 51.6. The average Bonchev–Trinajstić information content (AvgIpc) is 3.37. The van der Waals surface area contributed by atoms with E-state index in [1.807, 2.05) is 12.2 Å². The highest BCUT2D eigenvalue weighted by Crippen LogP contribution is 2.43. The normalized spacial score (nSPS) is 14.0. The zero-order valence-electron chi connectivity index (χ0n) is 45.6. The number of rotatable bonds is 52. The molecule has 0 amide bonds. The smallest absolute Gasteiger partial charge is 0.462 e. The molecule has 0 saturated carbocycles. The van der Waals surface area contributed by atoms with Crippen LogP contribution in [0.2, 0.25) is 0 Å². The molecular formula is C60H103O11P. The van der Waals surface area contributed by atoms with Crippen molar-refractivity contribution in [2.75, 3.05) is 26.4 Å². The molecule has 0 aliphatic carbocycles. The molecular weight excluding hydrogens is 928 g/mol. The van der Waals surface area contributed by atoms with Crippen molar-refractivity contribution >= 4 is 25.7 Å². The predicted molar refractivity (Wildman–Crippen MR) is 298 cm³/mol. The van der Waals surface area contributed by atoms with E-state index in [4.69, 9.17) is 23.3 Å². The number of carbonyl (C=O) groups excluding carboxylic acids is 3. The molecule has 0 saturated heterocycles. The summed E-state index contributed by atoms with van der Waals surface area (Å²) < 4.78 is 39.4. The van der Waals surface area contributed by atoms with Crippen LogP contribution in [0.3, 0.4) is 0 Å². The molecule has 0 aromatic heterocycles. The second kappa shape index (κ2) is 53.9. The number of aliphatic hydroxyl groups excluding tert-OH is 1. The molecule has 3 atom stereocenters. The molecule has 0 rings (SSSR count). The van der Waals surface area contributed by atoms with Crippen LogP contribution < -0.4 is 0 Å². The summed E-state index contributed by atoms with van der Waals surface area (Å²) in [5.74, 6) is -1.56. The number of unbranched alkanes of at least 4 members (excludes halogenated alkanes) is 21. The maximum absolute atomic E-state index is 12.9. The van der Waals surface area contributed by atoms with Crippen molar-refractivity contribution in [2.24, 2.45) is 0 Å². The zero-order chi connectivity index (χ0) is 52.7. The molecule has 0 bridgehead atoms. The Kier molecular flexibility index (Phi) is 51.4. The van der Waals surface area contributed by atoms with Gasteiger partial charge in [0.2, 0.25) is 0 Å². The molecule has 0 fully saturated rings. The van der Waals surface area contributed by atoms with E-state index in [1.54, 1.807) is 0 Å². The van der Waals surface area contributed by atoms with Crippen LogP contribution in [0.4, 0.5) is 0 Å². The zero-order valence-corrected chi connectivity index (χ0v) is 46.5. The monoisotopic (exact) mass is 1030 g/mol. The molecule has 0 aliphatic rings. The molecule has 0 radical (unpaired) electrons. The van der Waals surface area contributed by atoms with E-state index in [0.29, 0.717) is 19.3 Å². The Bertz CT molecular complexity index is 1530. The largest absolute Gasteiger partial charge is 0.472 e. The summed E-state index contributed by atoms with van der Waals surface area (Å²) >= 11 is 0. The minimum atomic E-state index is -4.77. The Morgan fingerprint density at radius 3 is 1.19 bits per heavy atom. The third-order valence-corrected chi connectivity index (χ3v) is 12.8. The van der Waals surface area contributed by atoms with Gasteiger partial charge in [0.1, 0.15) is 12.7 Å². The van der Waals surface area contributed by atoms with Gasteiger partial charge in [-0.05, 0) is 77.0 Å². The molecule has 0 heterocycles. The number of hydrogen-bond donors (Lipinski definition) is 2. The van der Waals surface area contributed by atoms with Crippen molar-refractivity contribution < 1.29 is 52.2 Å². The van der Waals surface area contributed by atoms with E-state index >= 15 is 0 Å². The average molecular weight is 1030 g/mol. The second-order valence-electron chi connectivity index (χ2n) is 18.7. The number of esters is 3. The fourth-order valence-electron chi connectivity index (χ4n) is 7.56. The summed E-state index contributed by atoms with van der Waals surface area (Å²) in [6.45, 7) is 4.33. The number of carbonyl (C=O) groups is 3. The van der Waals surface area contributed by atoms with E-state index in [9.17, 15) is 28.9 Å². The van der Waals surface area contributed by atoms with Gasteiger partial charge in [0.25, 0.3) is 0 Å². The Balaban J connectivity index is 4.79. The number of phosphoric ester groups is 1. The highest BCUT2D eigenvalue weighted by Gasteiger charge is 2.28. The number of phosphoric acid groups is 1. The third-order valence-electron chi connectivity index (χ3n) is 11.8. The van der Waals surface area contributed by atoms with Crippen LogP contribution in [0.15, 0.2) is 85.1 Å². The van der Waals surface area contributed by atoms with Crippen LogP contribution in [0.1, 0.15) is 239 Å². The van der Waals surface area contributed by atoms with Gasteiger partial charge in [-0.15, -0.1) is 0 Å². The Labute approximate surface area is 439 Å². The lowest BCUT2D eigenvalue weighted by molar-refractivity contribution is -0.161. The predicted octanol–water partition coefficient (Wildman–Crippen LogP) is 16.7. The summed E-state index contributed by atoms with van der Waals surface area (Å²) in [4.78, 5) is 48.5. The quantitative estimate of drug-likeness (QED) is 0.0197. The van der Waals surface area contributed by atoms with Crippen molar-refractivity contribution in [3.8, 4) is 0 Å². The van der Waals surface area contributed by atoms with Crippen molar-refractivity contribution in [3.63, 3.8) is 0 Å². The lowest BCUT2D eigenvalue weighted by atomic mass is 10.0. The van der Waals surface area contributed by atoms with Gasteiger partial charge in [-0.3, -0.25) is 23.4 Å². The molecule has 11 nitrogen and oxygen atoms in total. The van der Waals surface area contributed by atoms with Gasteiger partial charge < -0.3 is 24.2 Å². The first-order valence-electron chi connectivity index (χ1n) is 28.5. The molecule has 0 aromatic rings. The maximum atomic E-state index is 12.9. The van der Waals surface area contributed by atoms with Gasteiger partial charge >= 0.3 is 25.7 Å². The Morgan fingerprint density at radius 1 is 0.403 bits per heavy atom. The molecule has 72 heavy (non-hydrogen) atoms. The number of ether oxygens (including phenoxy) is 3. The summed E-state index contributed by atoms with van der Waals surface area (Å²) in [7, 11) is -4.77. The summed E-state index contributed by atoms with van der Waals surface area (Å²) in [6, 6.07) is 0. The van der Waals surface area contributed by atoms with Crippen molar-refractivity contribution in [1.82, 2.24) is 0 Å². The van der Waals surface area contributed by atoms with E-state index < -0.39 is 57.8 Å². The molecule has 2 N–H and O–H groups in total. The fraction of sp³-hybridized carbons (Fsp3) is 0.717. The van der Waals surface area contributed by atoms with Crippen molar-refractivity contribution in [1.29, 1.82) is 0 Å². The van der Waals surface area contributed by atoms with Crippen molar-refractivity contribution in [2.45, 2.75) is 251 Å². The Hall–Kier alpha value is -3.34. The van der Waals surface area contributed by atoms with Crippen LogP contribution in [0.5, 0.6) is 0 Å². The van der Waals surface area contributed by atoms with Gasteiger partial charge in [-0.2, -0.15) is 0 Å². The lowest BCUT2D eigenvalue weighted by Gasteiger charge is -2.21. The Morgan fingerprint density at radius 2 is 0.750 bits per heavy atom. The van der Waals surface area contributed by atoms with Crippen LogP contribution in [0.25, 0.3) is 0 Å². The number of aliphatic hydroxyl groups is 1. The molecule has 0 aliphatic heterocycles. The lowest BCUT2D eigenvalue weighted by Crippen LogP contribution is -2.30. The van der Waals surface area contributed by atoms with Gasteiger partial charge in [-0.25, -0.2) is 4.57 Å². The second-order valence-corrected chi connectivity index (χ2v) is 20.1. The first kappa shape index (κ1) is 68.7. The summed E-state index contributed by atoms with van der Waals surface area (Å²) in [5.41, 5.74) is 0. The van der Waals surface area contributed by atoms with Gasteiger partial charge in [0.05, 0.1) is 19.8 Å². The van der Waals surface area contributed by atoms with Crippen LogP contribution >= 0.6 is 7.82 Å². The highest BCUT2D eigenvalue weighted by atomic mass is 31.2. The van der Waals surface area contributed by atoms with E-state index in [-0.39, 0.29) is 25.9 Å². The molecule has 0 spiro atoms. The first-order chi connectivity index (χ1) is 35.2. The van der Waals surface area contributed by atoms with Crippen LogP contribution in [-0.2, 0) is 42.2 Å². The molecule has 12 heteroatoms. The van der Waals surface area contributed by atoms with E-state index in [1.165, 1.54) is 83.5 Å². The number of allylic oxidation sites excluding steroid dienone is 14. The standard InChI is InChI=1S/C60H103O11P/c1-4-7-10-13-16-19-22-25-27-28-30-32-34-37-40-43-46-49-58(62)67-53-57(71-60(64)51-48-45-42-39-36-33-29-26-23-20-17-14-11-8-5-2)55-69-72(65,66)68-54-56(52-61)70-59(63)50-47-44-41-38-35-31-24-21-18-15-12-9-6-3/h7,9-10,12,16,18-19,21,25,27,31,35,41,44,56-57,61H,4-6,8,11,13-15,17,20,22-24,26,28-30,32-34,36-40,42-43,45-55H2,1-3H3,(H,65,66)/b10-7-,12-9-,19-16-,21-18-,27-25-,35-31-,44-41-. The van der Waals surface area contributed by atoms with E-state index in [2.05, 4.69) is 93.7 Å². The number of hydrogen-bond acceptors (Lipinski definition) is 10. The SMILES string of the molecule is CC/C=C\C/C=C\C/C=C\C/C=C\CCC(=O)OC(CO)COP(=O)(O)OCC(COC(=O)CCCCCCCCC/C=C\C/C=C\C/C=C\CC)OC(=O)CCCCCCCCCCCCCCCCC. The topological polar surface area (TPSA) is 155 Å². The van der Waals surface area contributed by atoms with E-state index in [0.717, 1.165) is 96.3 Å².